The number of fused-ring (bicyclic) bond motifs is 1. The zero-order valence-electron chi connectivity index (χ0n) is 14.1. The van der Waals surface area contributed by atoms with Gasteiger partial charge in [-0.15, -0.1) is 36.4 Å². The van der Waals surface area contributed by atoms with Gasteiger partial charge in [0.25, 0.3) is 0 Å². The Hall–Kier alpha value is -1.83. The number of aryl methyl sites for hydroxylation is 1. The van der Waals surface area contributed by atoms with Crippen LogP contribution in [0.2, 0.25) is 0 Å². The van der Waals surface area contributed by atoms with Gasteiger partial charge in [-0.1, -0.05) is 0 Å². The molecular weight excluding hydrogens is 406 g/mol. The fraction of sp³-hybridized carbons (Fsp3) is 0.312. The van der Waals surface area contributed by atoms with Crippen molar-refractivity contribution in [3.05, 3.63) is 47.6 Å². The third kappa shape index (κ3) is 3.95. The topological polar surface area (TPSA) is 61.9 Å². The van der Waals surface area contributed by atoms with Crippen molar-refractivity contribution >= 4 is 53.4 Å². The number of methoxy groups -OCH3 is 1. The summed E-state index contributed by atoms with van der Waals surface area (Å²) >= 11 is 5.98. The molecular formula is C16H18Cl3FN4O2. The predicted molar refractivity (Wildman–Crippen MR) is 102 cm³/mol. The van der Waals surface area contributed by atoms with E-state index in [-0.39, 0.29) is 41.8 Å². The molecule has 142 valence electrons. The lowest BCUT2D eigenvalue weighted by molar-refractivity contribution is 0.0600. The zero-order valence-corrected chi connectivity index (χ0v) is 16.5. The molecule has 0 aliphatic rings. The van der Waals surface area contributed by atoms with Crippen LogP contribution in [0.1, 0.15) is 28.8 Å². The van der Waals surface area contributed by atoms with Crippen LogP contribution >= 0.6 is 36.4 Å². The molecule has 0 aliphatic carbocycles. The van der Waals surface area contributed by atoms with Crippen LogP contribution in [0.3, 0.4) is 0 Å². The average Bonchev–Trinajstić information content (AvgIpc) is 3.19. The van der Waals surface area contributed by atoms with E-state index in [0.717, 1.165) is 18.3 Å². The monoisotopic (exact) mass is 422 g/mol. The largest absolute Gasteiger partial charge is 0.465 e. The first-order valence-electron chi connectivity index (χ1n) is 7.41. The number of esters is 1. The van der Waals surface area contributed by atoms with Gasteiger partial charge in [-0.05, 0) is 19.1 Å². The van der Waals surface area contributed by atoms with Gasteiger partial charge in [0, 0.05) is 12.7 Å². The first-order chi connectivity index (χ1) is 11.6. The normalized spacial score (nSPS) is 10.3. The smallest absolute Gasteiger partial charge is 0.338 e. The van der Waals surface area contributed by atoms with E-state index in [0.29, 0.717) is 17.9 Å². The highest BCUT2D eigenvalue weighted by atomic mass is 35.5. The van der Waals surface area contributed by atoms with E-state index in [9.17, 15) is 9.18 Å². The lowest BCUT2D eigenvalue weighted by Crippen LogP contribution is -2.09. The molecule has 0 atom stereocenters. The van der Waals surface area contributed by atoms with Crippen molar-refractivity contribution in [2.75, 3.05) is 7.11 Å². The average molecular weight is 424 g/mol. The highest BCUT2D eigenvalue weighted by Crippen LogP contribution is 2.24. The molecule has 10 heteroatoms. The summed E-state index contributed by atoms with van der Waals surface area (Å²) in [5, 5.41) is 0. The Labute approximate surface area is 167 Å². The van der Waals surface area contributed by atoms with E-state index in [1.807, 2.05) is 11.5 Å². The van der Waals surface area contributed by atoms with Gasteiger partial charge in [0.2, 0.25) is 0 Å². The minimum Gasteiger partial charge on any atom is -0.465 e. The molecule has 1 aromatic carbocycles. The van der Waals surface area contributed by atoms with E-state index in [1.54, 1.807) is 23.2 Å². The molecule has 0 aliphatic heterocycles. The third-order valence-electron chi connectivity index (χ3n) is 3.89. The summed E-state index contributed by atoms with van der Waals surface area (Å²) in [4.78, 5) is 20.2. The van der Waals surface area contributed by atoms with E-state index in [4.69, 9.17) is 11.6 Å². The van der Waals surface area contributed by atoms with Crippen LogP contribution < -0.4 is 0 Å². The molecule has 26 heavy (non-hydrogen) atoms. The van der Waals surface area contributed by atoms with Crippen LogP contribution in [-0.4, -0.2) is 32.2 Å². The maximum Gasteiger partial charge on any atom is 0.338 e. The quantitative estimate of drug-likeness (QED) is 0.462. The number of alkyl halides is 1. The zero-order chi connectivity index (χ0) is 17.3. The standard InChI is InChI=1S/C16H16ClFN4O2.2ClH/c1-3-21-9-19-7-11(21)8-22-13-5-10(16(23)24-2)4-12(18)15(13)20-14(22)6-17;;/h4-5,7,9H,3,6,8H2,1-2H3;2*1H. The third-order valence-corrected chi connectivity index (χ3v) is 4.13. The minimum absolute atomic E-state index is 0. The van der Waals surface area contributed by atoms with Crippen LogP contribution in [0, 0.1) is 5.82 Å². The number of nitrogens with zero attached hydrogens (tertiary/aromatic N) is 4. The maximum absolute atomic E-state index is 14.4. The molecule has 0 bridgehead atoms. The Morgan fingerprint density at radius 3 is 2.69 bits per heavy atom. The number of carbonyl (C=O) groups excluding carboxylic acids is 1. The van der Waals surface area contributed by atoms with Gasteiger partial charge in [0.15, 0.2) is 5.82 Å². The number of ether oxygens (including phenoxy) is 1. The summed E-state index contributed by atoms with van der Waals surface area (Å²) in [6.45, 7) is 3.20. The number of rotatable bonds is 5. The van der Waals surface area contributed by atoms with Crippen molar-refractivity contribution in [2.45, 2.75) is 25.9 Å². The van der Waals surface area contributed by atoms with Crippen molar-refractivity contribution in [1.29, 1.82) is 0 Å². The lowest BCUT2D eigenvalue weighted by atomic mass is 10.2. The number of hydrogen-bond donors (Lipinski definition) is 0. The Morgan fingerprint density at radius 1 is 1.35 bits per heavy atom. The van der Waals surface area contributed by atoms with Crippen LogP contribution in [0.5, 0.6) is 0 Å². The summed E-state index contributed by atoms with van der Waals surface area (Å²) in [6, 6.07) is 2.69. The number of benzene rings is 1. The van der Waals surface area contributed by atoms with E-state index >= 15 is 0 Å². The summed E-state index contributed by atoms with van der Waals surface area (Å²) in [6.07, 6.45) is 3.48. The highest BCUT2D eigenvalue weighted by Gasteiger charge is 2.18. The van der Waals surface area contributed by atoms with E-state index in [1.165, 1.54) is 7.11 Å². The van der Waals surface area contributed by atoms with E-state index < -0.39 is 11.8 Å². The highest BCUT2D eigenvalue weighted by molar-refractivity contribution is 6.16. The van der Waals surface area contributed by atoms with Gasteiger partial charge in [-0.2, -0.15) is 0 Å². The van der Waals surface area contributed by atoms with Crippen LogP contribution in [0.4, 0.5) is 4.39 Å². The first kappa shape index (κ1) is 22.2. The molecule has 0 radical (unpaired) electrons. The van der Waals surface area contributed by atoms with Crippen molar-refractivity contribution in [2.24, 2.45) is 0 Å². The maximum atomic E-state index is 14.4. The summed E-state index contributed by atoms with van der Waals surface area (Å²) in [7, 11) is 1.26. The van der Waals surface area contributed by atoms with E-state index in [2.05, 4.69) is 14.7 Å². The molecule has 0 saturated heterocycles. The first-order valence-corrected chi connectivity index (χ1v) is 7.94. The van der Waals surface area contributed by atoms with Crippen molar-refractivity contribution in [3.63, 3.8) is 0 Å². The van der Waals surface area contributed by atoms with Gasteiger partial charge >= 0.3 is 5.97 Å². The molecule has 0 saturated carbocycles. The molecule has 0 amide bonds. The molecule has 0 N–H and O–H groups in total. The molecule has 0 unspecified atom stereocenters. The summed E-state index contributed by atoms with van der Waals surface area (Å²) in [5.41, 5.74) is 1.75. The number of carbonyl (C=O) groups is 1. The Morgan fingerprint density at radius 2 is 2.08 bits per heavy atom. The Balaban J connectivity index is 0.00000169. The molecule has 0 fully saturated rings. The van der Waals surface area contributed by atoms with Crippen molar-refractivity contribution in [3.8, 4) is 0 Å². The van der Waals surface area contributed by atoms with Crippen molar-refractivity contribution < 1.29 is 13.9 Å². The number of halogens is 4. The predicted octanol–water partition coefficient (Wildman–Crippen LogP) is 3.81. The van der Waals surface area contributed by atoms with Crippen LogP contribution in [0.15, 0.2) is 24.7 Å². The van der Waals surface area contributed by atoms with Gasteiger partial charge < -0.3 is 13.9 Å². The molecule has 6 nitrogen and oxygen atoms in total. The second kappa shape index (κ2) is 9.21. The Bertz CT molecular complexity index is 910. The number of imidazole rings is 2. The summed E-state index contributed by atoms with van der Waals surface area (Å²) < 4.78 is 22.8. The SMILES string of the molecule is CCn1cncc1Cn1c(CCl)nc2c(F)cc(C(=O)OC)cc21.Cl.Cl. The van der Waals surface area contributed by atoms with Gasteiger partial charge in [0.05, 0.1) is 42.6 Å². The van der Waals surface area contributed by atoms with Crippen LogP contribution in [-0.2, 0) is 23.7 Å². The number of aromatic nitrogens is 4. The minimum atomic E-state index is -0.602. The van der Waals surface area contributed by atoms with Gasteiger partial charge in [0.1, 0.15) is 11.3 Å². The van der Waals surface area contributed by atoms with Gasteiger partial charge in [-0.25, -0.2) is 19.2 Å². The second-order valence-electron chi connectivity index (χ2n) is 5.24. The fourth-order valence-electron chi connectivity index (χ4n) is 2.67. The van der Waals surface area contributed by atoms with Crippen LogP contribution in [0.25, 0.3) is 11.0 Å². The number of hydrogen-bond acceptors (Lipinski definition) is 4. The second-order valence-corrected chi connectivity index (χ2v) is 5.50. The molecule has 2 aromatic heterocycles. The molecule has 0 spiro atoms. The lowest BCUT2D eigenvalue weighted by Gasteiger charge is -2.10. The fourth-order valence-corrected chi connectivity index (χ4v) is 2.87. The van der Waals surface area contributed by atoms with Gasteiger partial charge in [-0.3, -0.25) is 0 Å². The molecule has 3 rings (SSSR count). The summed E-state index contributed by atoms with van der Waals surface area (Å²) in [5.74, 6) is -0.532. The Kier molecular flexibility index (Phi) is 7.87. The van der Waals surface area contributed by atoms with Crippen molar-refractivity contribution in [1.82, 2.24) is 19.1 Å². The molecule has 2 heterocycles. The molecule has 3 aromatic rings.